The zero-order chi connectivity index (χ0) is 18.8. The molecule has 0 radical (unpaired) electrons. The predicted octanol–water partition coefficient (Wildman–Crippen LogP) is 2.14. The van der Waals surface area contributed by atoms with Crippen LogP contribution in [-0.2, 0) is 10.0 Å². The van der Waals surface area contributed by atoms with E-state index in [9.17, 15) is 13.2 Å². The molecule has 0 atom stereocenters. The smallest absolute Gasteiger partial charge is 0.252 e. The maximum Gasteiger partial charge on any atom is 0.252 e. The van der Waals surface area contributed by atoms with E-state index in [1.165, 1.54) is 26.2 Å². The highest BCUT2D eigenvalue weighted by molar-refractivity contribution is 14.1. The summed E-state index contributed by atoms with van der Waals surface area (Å²) in [5.41, 5.74) is 0.412. The molecule has 1 N–H and O–H groups in total. The second-order valence-corrected chi connectivity index (χ2v) is 10.1. The third-order valence-electron chi connectivity index (χ3n) is 4.56. The van der Waals surface area contributed by atoms with Crippen molar-refractivity contribution in [1.82, 2.24) is 14.5 Å². The number of likely N-dealkylation sites (tertiary alicyclic amines) is 1. The van der Waals surface area contributed by atoms with Gasteiger partial charge in [0.1, 0.15) is 0 Å². The topological polar surface area (TPSA) is 69.7 Å². The number of hydrogen-bond acceptors (Lipinski definition) is 4. The second kappa shape index (κ2) is 8.32. The number of carbonyl (C=O) groups is 1. The van der Waals surface area contributed by atoms with Crippen LogP contribution < -0.4 is 5.32 Å². The van der Waals surface area contributed by atoms with Crippen molar-refractivity contribution in [2.75, 3.05) is 27.2 Å². The van der Waals surface area contributed by atoms with Crippen LogP contribution in [-0.4, -0.2) is 62.8 Å². The Morgan fingerprint density at radius 3 is 2.40 bits per heavy atom. The minimum Gasteiger partial charge on any atom is -0.349 e. The van der Waals surface area contributed by atoms with Crippen molar-refractivity contribution in [2.24, 2.45) is 0 Å². The molecular formula is C17H26IN3O3S. The molecule has 6 nitrogen and oxygen atoms in total. The van der Waals surface area contributed by atoms with E-state index in [-0.39, 0.29) is 16.8 Å². The van der Waals surface area contributed by atoms with Gasteiger partial charge in [0.2, 0.25) is 10.0 Å². The van der Waals surface area contributed by atoms with Crippen LogP contribution in [0.15, 0.2) is 23.1 Å². The van der Waals surface area contributed by atoms with Gasteiger partial charge in [0.05, 0.1) is 10.5 Å². The van der Waals surface area contributed by atoms with Crippen LogP contribution in [0, 0.1) is 3.57 Å². The van der Waals surface area contributed by atoms with E-state index < -0.39 is 10.0 Å². The maximum atomic E-state index is 12.7. The van der Waals surface area contributed by atoms with Crippen molar-refractivity contribution in [1.29, 1.82) is 0 Å². The third kappa shape index (κ3) is 4.93. The Morgan fingerprint density at radius 1 is 1.28 bits per heavy atom. The summed E-state index contributed by atoms with van der Waals surface area (Å²) in [4.78, 5) is 15.2. The molecule has 0 saturated carbocycles. The van der Waals surface area contributed by atoms with Gasteiger partial charge in [0.15, 0.2) is 0 Å². The van der Waals surface area contributed by atoms with Gasteiger partial charge >= 0.3 is 0 Å². The van der Waals surface area contributed by atoms with Crippen LogP contribution in [0.1, 0.15) is 37.0 Å². The number of halogens is 1. The van der Waals surface area contributed by atoms with Crippen molar-refractivity contribution in [3.8, 4) is 0 Å². The van der Waals surface area contributed by atoms with Gasteiger partial charge in [0, 0.05) is 42.8 Å². The molecule has 1 amide bonds. The normalized spacial score (nSPS) is 17.2. The first kappa shape index (κ1) is 20.6. The highest BCUT2D eigenvalue weighted by Gasteiger charge is 2.24. The predicted molar refractivity (Wildman–Crippen MR) is 107 cm³/mol. The van der Waals surface area contributed by atoms with Crippen molar-refractivity contribution in [3.63, 3.8) is 0 Å². The Hall–Kier alpha value is -0.710. The summed E-state index contributed by atoms with van der Waals surface area (Å²) in [6.45, 7) is 6.29. The molecule has 1 aliphatic heterocycles. The fraction of sp³-hybridized carbons (Fsp3) is 0.588. The van der Waals surface area contributed by atoms with E-state index in [1.54, 1.807) is 6.07 Å². The first-order valence-corrected chi connectivity index (χ1v) is 10.9. The first-order valence-electron chi connectivity index (χ1n) is 8.40. The van der Waals surface area contributed by atoms with Gasteiger partial charge in [-0.3, -0.25) is 4.79 Å². The minimum atomic E-state index is -3.56. The number of carbonyl (C=O) groups excluding carboxylic acids is 1. The summed E-state index contributed by atoms with van der Waals surface area (Å²) in [5.74, 6) is -0.205. The quantitative estimate of drug-likeness (QED) is 0.658. The molecule has 1 aromatic carbocycles. The van der Waals surface area contributed by atoms with Crippen LogP contribution >= 0.6 is 22.6 Å². The van der Waals surface area contributed by atoms with E-state index in [1.807, 2.05) is 0 Å². The third-order valence-corrected chi connectivity index (χ3v) is 7.31. The van der Waals surface area contributed by atoms with E-state index in [0.717, 1.165) is 33.8 Å². The number of sulfonamides is 1. The number of hydrogen-bond donors (Lipinski definition) is 1. The van der Waals surface area contributed by atoms with Crippen LogP contribution in [0.2, 0.25) is 0 Å². The molecular weight excluding hydrogens is 453 g/mol. The minimum absolute atomic E-state index is 0.132. The Kier molecular flexibility index (Phi) is 6.86. The van der Waals surface area contributed by atoms with Gasteiger partial charge < -0.3 is 10.2 Å². The molecule has 2 rings (SSSR count). The Labute approximate surface area is 164 Å². The SMILES string of the molecule is CC(C)N1CCC(NC(=O)c2cc(S(=O)(=O)N(C)C)ccc2I)CC1. The number of nitrogens with zero attached hydrogens (tertiary/aromatic N) is 2. The van der Waals surface area contributed by atoms with Crippen molar-refractivity contribution in [3.05, 3.63) is 27.3 Å². The molecule has 1 aliphatic rings. The lowest BCUT2D eigenvalue weighted by atomic mass is 10.0. The average molecular weight is 479 g/mol. The highest BCUT2D eigenvalue weighted by atomic mass is 127. The second-order valence-electron chi connectivity index (χ2n) is 6.81. The van der Waals surface area contributed by atoms with Gasteiger partial charge in [-0.2, -0.15) is 0 Å². The lowest BCUT2D eigenvalue weighted by Gasteiger charge is -2.34. The molecule has 0 unspecified atom stereocenters. The van der Waals surface area contributed by atoms with E-state index >= 15 is 0 Å². The molecule has 1 saturated heterocycles. The van der Waals surface area contributed by atoms with Crippen LogP contribution in [0.4, 0.5) is 0 Å². The average Bonchev–Trinajstić information content (AvgIpc) is 2.55. The van der Waals surface area contributed by atoms with Crippen molar-refractivity contribution >= 4 is 38.5 Å². The summed E-state index contributed by atoms with van der Waals surface area (Å²) in [6.07, 6.45) is 1.83. The van der Waals surface area contributed by atoms with Crippen molar-refractivity contribution < 1.29 is 13.2 Å². The van der Waals surface area contributed by atoms with Gasteiger partial charge in [-0.1, -0.05) is 0 Å². The standard InChI is InChI=1S/C17H26IN3O3S/c1-12(2)21-9-7-13(8-10-21)19-17(22)15-11-14(5-6-16(15)18)25(23,24)20(3)4/h5-6,11-13H,7-10H2,1-4H3,(H,19,22). The molecule has 0 bridgehead atoms. The monoisotopic (exact) mass is 479 g/mol. The van der Waals surface area contributed by atoms with Gasteiger partial charge in [-0.15, -0.1) is 0 Å². The van der Waals surface area contributed by atoms with Gasteiger partial charge in [-0.05, 0) is 67.5 Å². The van der Waals surface area contributed by atoms with Gasteiger partial charge in [-0.25, -0.2) is 12.7 Å². The number of amides is 1. The fourth-order valence-corrected chi connectivity index (χ4v) is 4.38. The molecule has 1 fully saturated rings. The Balaban J connectivity index is 2.12. The largest absolute Gasteiger partial charge is 0.349 e. The summed E-state index contributed by atoms with van der Waals surface area (Å²) >= 11 is 2.07. The summed E-state index contributed by atoms with van der Waals surface area (Å²) in [7, 11) is -0.593. The lowest BCUT2D eigenvalue weighted by molar-refractivity contribution is 0.0899. The maximum absolute atomic E-state index is 12.7. The van der Waals surface area contributed by atoms with Crippen molar-refractivity contribution in [2.45, 2.75) is 43.7 Å². The lowest BCUT2D eigenvalue weighted by Crippen LogP contribution is -2.46. The number of benzene rings is 1. The zero-order valence-corrected chi connectivity index (χ0v) is 18.1. The summed E-state index contributed by atoms with van der Waals surface area (Å²) in [5, 5.41) is 3.06. The molecule has 140 valence electrons. The summed E-state index contributed by atoms with van der Waals surface area (Å²) < 4.78 is 26.5. The van der Waals surface area contributed by atoms with Gasteiger partial charge in [0.25, 0.3) is 5.91 Å². The van der Waals surface area contributed by atoms with Crippen LogP contribution in [0.25, 0.3) is 0 Å². The molecule has 1 aromatic rings. The highest BCUT2D eigenvalue weighted by Crippen LogP contribution is 2.21. The zero-order valence-electron chi connectivity index (χ0n) is 15.1. The Bertz CT molecular complexity index is 727. The molecule has 1 heterocycles. The van der Waals surface area contributed by atoms with Crippen LogP contribution in [0.3, 0.4) is 0 Å². The fourth-order valence-electron chi connectivity index (χ4n) is 2.87. The van der Waals surface area contributed by atoms with E-state index in [2.05, 4.69) is 46.7 Å². The Morgan fingerprint density at radius 2 is 1.88 bits per heavy atom. The van der Waals surface area contributed by atoms with E-state index in [0.29, 0.717) is 11.6 Å². The van der Waals surface area contributed by atoms with Crippen LogP contribution in [0.5, 0.6) is 0 Å². The molecule has 25 heavy (non-hydrogen) atoms. The molecule has 0 aromatic heterocycles. The molecule has 8 heteroatoms. The first-order chi connectivity index (χ1) is 11.6. The number of piperidine rings is 1. The molecule has 0 aliphatic carbocycles. The van der Waals surface area contributed by atoms with E-state index in [4.69, 9.17) is 0 Å². The summed E-state index contributed by atoms with van der Waals surface area (Å²) in [6, 6.07) is 5.33. The molecule has 0 spiro atoms. The number of nitrogens with one attached hydrogen (secondary N) is 1. The number of rotatable bonds is 5.